The zero-order chi connectivity index (χ0) is 40.7. The Labute approximate surface area is 341 Å². The summed E-state index contributed by atoms with van der Waals surface area (Å²) in [7, 11) is 1.56. The van der Waals surface area contributed by atoms with Crippen molar-refractivity contribution in [1.29, 1.82) is 0 Å². The topological polar surface area (TPSA) is 105 Å². The second-order valence-electron chi connectivity index (χ2n) is 17.1. The third-order valence-corrected chi connectivity index (χ3v) is 11.4. The standard InChI is InChI=1S/C46H91N2O6P/c1-6-8-10-12-14-16-18-20-22-24-26-28-30-32-34-36-38-40-46(50)47-44(43-54-55(51,52)53-42-41-48(3,4)5)45(49)39-37-35-33-31-29-27-25-23-21-19-17-15-13-11-9-7-2/h29,31,37,39,44-45,49H,6-28,30,32-36,38,40-43H2,1-5H3,(H-,47,50,51,52)/p+1/b31-29+,39-37+/t44-,45+/m0/s1. The fraction of sp³-hybridized carbons (Fsp3) is 0.891. The Bertz CT molecular complexity index is 953. The second kappa shape index (κ2) is 38.5. The van der Waals surface area contributed by atoms with Crippen molar-refractivity contribution in [3.63, 3.8) is 0 Å². The van der Waals surface area contributed by atoms with E-state index in [0.717, 1.165) is 38.5 Å². The lowest BCUT2D eigenvalue weighted by molar-refractivity contribution is -0.870. The molecule has 0 saturated heterocycles. The highest BCUT2D eigenvalue weighted by Crippen LogP contribution is 2.43. The number of nitrogens with one attached hydrogen (secondary N) is 1. The molecule has 0 heterocycles. The zero-order valence-corrected chi connectivity index (χ0v) is 37.8. The molecule has 8 nitrogen and oxygen atoms in total. The van der Waals surface area contributed by atoms with Crippen LogP contribution in [0.25, 0.3) is 0 Å². The molecule has 0 aliphatic heterocycles. The lowest BCUT2D eigenvalue weighted by Crippen LogP contribution is -2.45. The molecule has 0 bridgehead atoms. The first-order chi connectivity index (χ1) is 26.5. The molecule has 9 heteroatoms. The number of nitrogens with zero attached hydrogens (tertiary/aromatic N) is 1. The lowest BCUT2D eigenvalue weighted by atomic mass is 10.0. The van der Waals surface area contributed by atoms with Crippen molar-refractivity contribution in [2.75, 3.05) is 40.9 Å². The Kier molecular flexibility index (Phi) is 37.8. The second-order valence-corrected chi connectivity index (χ2v) is 18.6. The van der Waals surface area contributed by atoms with Crippen LogP contribution in [0.1, 0.15) is 213 Å². The van der Waals surface area contributed by atoms with Gasteiger partial charge in [-0.25, -0.2) is 4.57 Å². The number of unbranched alkanes of at least 4 members (excludes halogenated alkanes) is 27. The van der Waals surface area contributed by atoms with E-state index in [0.29, 0.717) is 17.4 Å². The number of aliphatic hydroxyl groups excluding tert-OH is 1. The number of carbonyl (C=O) groups excluding carboxylic acids is 1. The average molecular weight is 800 g/mol. The predicted octanol–water partition coefficient (Wildman–Crippen LogP) is 12.9. The molecule has 1 unspecified atom stereocenters. The molecular weight excluding hydrogens is 707 g/mol. The highest BCUT2D eigenvalue weighted by Gasteiger charge is 2.27. The first kappa shape index (κ1) is 54.0. The Hall–Kier alpha value is -1.02. The van der Waals surface area contributed by atoms with Crippen LogP contribution < -0.4 is 5.32 Å². The summed E-state index contributed by atoms with van der Waals surface area (Å²) in [5, 5.41) is 13.8. The van der Waals surface area contributed by atoms with E-state index in [1.165, 1.54) is 154 Å². The smallest absolute Gasteiger partial charge is 0.387 e. The Balaban J connectivity index is 4.42. The average Bonchev–Trinajstić information content (AvgIpc) is 3.13. The lowest BCUT2D eigenvalue weighted by Gasteiger charge is -2.25. The maximum atomic E-state index is 12.9. The van der Waals surface area contributed by atoms with Crippen LogP contribution in [0.4, 0.5) is 0 Å². The van der Waals surface area contributed by atoms with Crippen molar-refractivity contribution in [3.05, 3.63) is 24.3 Å². The number of rotatable bonds is 42. The molecule has 0 saturated carbocycles. The minimum Gasteiger partial charge on any atom is -0.387 e. The van der Waals surface area contributed by atoms with Gasteiger partial charge in [0.1, 0.15) is 13.2 Å². The molecule has 0 aliphatic rings. The van der Waals surface area contributed by atoms with Crippen molar-refractivity contribution >= 4 is 13.7 Å². The van der Waals surface area contributed by atoms with Crippen LogP contribution in [0, 0.1) is 0 Å². The van der Waals surface area contributed by atoms with Crippen molar-refractivity contribution in [2.45, 2.75) is 225 Å². The summed E-state index contributed by atoms with van der Waals surface area (Å²) in [4.78, 5) is 23.1. The van der Waals surface area contributed by atoms with E-state index in [-0.39, 0.29) is 19.1 Å². The molecule has 0 aliphatic carbocycles. The van der Waals surface area contributed by atoms with Gasteiger partial charge >= 0.3 is 7.82 Å². The van der Waals surface area contributed by atoms with Gasteiger partial charge in [0.25, 0.3) is 0 Å². The van der Waals surface area contributed by atoms with Crippen LogP contribution in [-0.4, -0.2) is 73.4 Å². The number of phosphoric acid groups is 1. The number of phosphoric ester groups is 1. The van der Waals surface area contributed by atoms with Gasteiger partial charge in [0, 0.05) is 6.42 Å². The molecule has 3 N–H and O–H groups in total. The summed E-state index contributed by atoms with van der Waals surface area (Å²) in [5.41, 5.74) is 0. The number of amides is 1. The fourth-order valence-corrected chi connectivity index (χ4v) is 7.44. The van der Waals surface area contributed by atoms with Gasteiger partial charge in [-0.3, -0.25) is 13.8 Å². The number of quaternary nitrogens is 1. The van der Waals surface area contributed by atoms with E-state index >= 15 is 0 Å². The van der Waals surface area contributed by atoms with Crippen LogP contribution >= 0.6 is 7.82 Å². The number of hydrogen-bond acceptors (Lipinski definition) is 5. The molecule has 0 aromatic carbocycles. The summed E-state index contributed by atoms with van der Waals surface area (Å²) in [6.07, 6.45) is 45.3. The van der Waals surface area contributed by atoms with Crippen LogP contribution in [-0.2, 0) is 18.4 Å². The van der Waals surface area contributed by atoms with Crippen molar-refractivity contribution in [2.24, 2.45) is 0 Å². The van der Waals surface area contributed by atoms with Gasteiger partial charge in [0.2, 0.25) is 5.91 Å². The van der Waals surface area contributed by atoms with E-state index in [1.54, 1.807) is 6.08 Å². The molecule has 55 heavy (non-hydrogen) atoms. The molecule has 326 valence electrons. The van der Waals surface area contributed by atoms with Gasteiger partial charge < -0.3 is 19.8 Å². The molecule has 0 aromatic rings. The minimum absolute atomic E-state index is 0.0583. The number of carbonyl (C=O) groups is 1. The highest BCUT2D eigenvalue weighted by molar-refractivity contribution is 7.47. The normalized spacial score (nSPS) is 14.5. The van der Waals surface area contributed by atoms with E-state index in [2.05, 4.69) is 31.3 Å². The quantitative estimate of drug-likeness (QED) is 0.0246. The molecule has 0 rings (SSSR count). The van der Waals surface area contributed by atoms with Crippen LogP contribution in [0.2, 0.25) is 0 Å². The van der Waals surface area contributed by atoms with Gasteiger partial charge in [-0.05, 0) is 32.1 Å². The van der Waals surface area contributed by atoms with E-state index in [9.17, 15) is 19.4 Å². The van der Waals surface area contributed by atoms with Crippen LogP contribution in [0.15, 0.2) is 24.3 Å². The van der Waals surface area contributed by atoms with Crippen LogP contribution in [0.5, 0.6) is 0 Å². The summed E-state index contributed by atoms with van der Waals surface area (Å²) in [6.45, 7) is 4.80. The maximum Gasteiger partial charge on any atom is 0.472 e. The third kappa shape index (κ3) is 41.0. The predicted molar refractivity (Wildman–Crippen MR) is 235 cm³/mol. The van der Waals surface area contributed by atoms with Crippen LogP contribution in [0.3, 0.4) is 0 Å². The number of hydrogen-bond donors (Lipinski definition) is 3. The molecule has 3 atom stereocenters. The van der Waals surface area contributed by atoms with Crippen molar-refractivity contribution in [3.8, 4) is 0 Å². The first-order valence-electron chi connectivity index (χ1n) is 23.2. The summed E-state index contributed by atoms with van der Waals surface area (Å²) in [6, 6.07) is -0.858. The van der Waals surface area contributed by atoms with Gasteiger partial charge in [0.05, 0.1) is 39.9 Å². The van der Waals surface area contributed by atoms with Gasteiger partial charge in [-0.1, -0.05) is 199 Å². The molecule has 0 fully saturated rings. The number of aliphatic hydroxyl groups is 1. The van der Waals surface area contributed by atoms with E-state index < -0.39 is 20.0 Å². The summed E-state index contributed by atoms with van der Waals surface area (Å²) < 4.78 is 23.6. The largest absolute Gasteiger partial charge is 0.472 e. The monoisotopic (exact) mass is 800 g/mol. The van der Waals surface area contributed by atoms with E-state index in [4.69, 9.17) is 9.05 Å². The SMILES string of the molecule is CCCCCCCCCCCC/C=C/CC/C=C/[C@@H](O)[C@H](COP(=O)(O)OCC[N+](C)(C)C)NC(=O)CCCCCCCCCCCCCCCCCCC. The highest BCUT2D eigenvalue weighted by atomic mass is 31.2. The van der Waals surface area contributed by atoms with Crippen molar-refractivity contribution < 1.29 is 32.9 Å². The Morgan fingerprint density at radius 2 is 1.00 bits per heavy atom. The van der Waals surface area contributed by atoms with E-state index in [1.807, 2.05) is 27.2 Å². The fourth-order valence-electron chi connectivity index (χ4n) is 6.70. The Morgan fingerprint density at radius 1 is 0.600 bits per heavy atom. The van der Waals surface area contributed by atoms with Gasteiger partial charge in [-0.15, -0.1) is 0 Å². The summed E-state index contributed by atoms with van der Waals surface area (Å²) >= 11 is 0. The van der Waals surface area contributed by atoms with Crippen molar-refractivity contribution in [1.82, 2.24) is 5.32 Å². The minimum atomic E-state index is -4.34. The maximum absolute atomic E-state index is 12.9. The zero-order valence-electron chi connectivity index (χ0n) is 36.9. The number of likely N-dealkylation sites (N-methyl/N-ethyl adjacent to an activating group) is 1. The number of allylic oxidation sites excluding steroid dienone is 3. The summed E-state index contributed by atoms with van der Waals surface area (Å²) in [5.74, 6) is -0.185. The molecule has 0 radical (unpaired) electrons. The Morgan fingerprint density at radius 3 is 1.45 bits per heavy atom. The molecule has 0 spiro atoms. The third-order valence-electron chi connectivity index (χ3n) is 10.4. The molecule has 0 aromatic heterocycles. The van der Waals surface area contributed by atoms with Gasteiger partial charge in [-0.2, -0.15) is 0 Å². The molecular formula is C46H92N2O6P+. The first-order valence-corrected chi connectivity index (χ1v) is 24.7. The van der Waals surface area contributed by atoms with Gasteiger partial charge in [0.15, 0.2) is 0 Å². The molecule has 1 amide bonds.